The predicted molar refractivity (Wildman–Crippen MR) is 87.9 cm³/mol. The summed E-state index contributed by atoms with van der Waals surface area (Å²) in [6.07, 6.45) is 5.08. The molecule has 0 aromatic heterocycles. The molecule has 0 bridgehead atoms. The van der Waals surface area contributed by atoms with E-state index >= 15 is 0 Å². The molecule has 8 heteroatoms. The second kappa shape index (κ2) is 8.25. The summed E-state index contributed by atoms with van der Waals surface area (Å²) in [4.78, 5) is 13.3. The molecular formula is C18H14F4N2O2. The lowest BCUT2D eigenvalue weighted by atomic mass is 10.2. The molecule has 1 N–H and O–H groups in total. The van der Waals surface area contributed by atoms with E-state index in [1.807, 2.05) is 0 Å². The average Bonchev–Trinajstić information content (AvgIpc) is 2.58. The van der Waals surface area contributed by atoms with Crippen LogP contribution in [0, 0.1) is 24.0 Å². The van der Waals surface area contributed by atoms with Gasteiger partial charge in [0.05, 0.1) is 0 Å². The number of nitrogens with one attached hydrogen (secondary N) is 1. The highest BCUT2D eigenvalue weighted by atomic mass is 19.3. The van der Waals surface area contributed by atoms with Gasteiger partial charge in [0, 0.05) is 19.2 Å². The van der Waals surface area contributed by atoms with Crippen LogP contribution in [-0.4, -0.2) is 24.6 Å². The first kappa shape index (κ1) is 19.1. The Kier molecular flexibility index (Phi) is 6.07. The summed E-state index contributed by atoms with van der Waals surface area (Å²) in [6.45, 7) is -2.85. The molecule has 136 valence electrons. The van der Waals surface area contributed by atoms with Crippen LogP contribution in [0.1, 0.15) is 11.1 Å². The molecule has 0 aliphatic rings. The topological polar surface area (TPSA) is 41.6 Å². The molecule has 0 fully saturated rings. The summed E-state index contributed by atoms with van der Waals surface area (Å²) in [7, 11) is 1.41. The van der Waals surface area contributed by atoms with E-state index in [2.05, 4.69) is 16.0 Å². The number of rotatable bonds is 5. The van der Waals surface area contributed by atoms with Crippen LogP contribution in [0.2, 0.25) is 0 Å². The number of alkyl halides is 2. The van der Waals surface area contributed by atoms with Crippen LogP contribution in [0.15, 0.2) is 36.4 Å². The van der Waals surface area contributed by atoms with E-state index in [4.69, 9.17) is 6.42 Å². The van der Waals surface area contributed by atoms with Crippen molar-refractivity contribution in [2.75, 3.05) is 12.4 Å². The van der Waals surface area contributed by atoms with Gasteiger partial charge in [-0.05, 0) is 29.8 Å². The normalized spacial score (nSPS) is 10.3. The van der Waals surface area contributed by atoms with Crippen LogP contribution in [-0.2, 0) is 6.54 Å². The number of nitrogens with zero attached hydrogens (tertiary/aromatic N) is 1. The molecule has 0 spiro atoms. The minimum Gasteiger partial charge on any atom is -0.435 e. The Morgan fingerprint density at radius 1 is 1.23 bits per heavy atom. The zero-order chi connectivity index (χ0) is 19.3. The number of carbonyl (C=O) groups is 1. The number of benzene rings is 2. The molecule has 0 atom stereocenters. The summed E-state index contributed by atoms with van der Waals surface area (Å²) in [5, 5.41) is 2.13. The average molecular weight is 366 g/mol. The SMILES string of the molecule is C#Cc1cc(F)c(NC(=O)N(C)Cc2ccc(OC(F)F)cc2)c(F)c1. The van der Waals surface area contributed by atoms with Crippen molar-refractivity contribution in [2.24, 2.45) is 0 Å². The number of halogens is 4. The maximum atomic E-state index is 13.9. The van der Waals surface area contributed by atoms with Gasteiger partial charge in [-0.25, -0.2) is 13.6 Å². The highest BCUT2D eigenvalue weighted by Gasteiger charge is 2.16. The Hall–Kier alpha value is -3.21. The highest BCUT2D eigenvalue weighted by molar-refractivity contribution is 5.89. The lowest BCUT2D eigenvalue weighted by Gasteiger charge is -2.19. The number of hydrogen-bond acceptors (Lipinski definition) is 2. The van der Waals surface area contributed by atoms with Crippen molar-refractivity contribution < 1.29 is 27.1 Å². The van der Waals surface area contributed by atoms with E-state index in [1.165, 1.54) is 31.3 Å². The molecule has 2 amide bonds. The number of carbonyl (C=O) groups excluding carboxylic acids is 1. The van der Waals surface area contributed by atoms with E-state index in [-0.39, 0.29) is 17.9 Å². The van der Waals surface area contributed by atoms with Crippen LogP contribution < -0.4 is 10.1 Å². The standard InChI is InChI=1S/C18H14F4N2O2/c1-3-11-8-14(19)16(15(20)9-11)23-18(25)24(2)10-12-4-6-13(7-5-12)26-17(21)22/h1,4-9,17H,10H2,2H3,(H,23,25). The number of terminal acetylenes is 1. The highest BCUT2D eigenvalue weighted by Crippen LogP contribution is 2.21. The van der Waals surface area contributed by atoms with Crippen molar-refractivity contribution in [3.05, 3.63) is 59.2 Å². The van der Waals surface area contributed by atoms with Crippen LogP contribution in [0.5, 0.6) is 5.75 Å². The molecule has 2 aromatic carbocycles. The first-order chi connectivity index (χ1) is 12.3. The van der Waals surface area contributed by atoms with E-state index in [0.717, 1.165) is 17.0 Å². The van der Waals surface area contributed by atoms with Gasteiger partial charge < -0.3 is 15.0 Å². The fourth-order valence-electron chi connectivity index (χ4n) is 2.10. The molecule has 0 saturated heterocycles. The van der Waals surface area contributed by atoms with Crippen LogP contribution >= 0.6 is 0 Å². The van der Waals surface area contributed by atoms with Crippen molar-refractivity contribution in [3.8, 4) is 18.1 Å². The number of urea groups is 1. The summed E-state index contributed by atoms with van der Waals surface area (Å²) >= 11 is 0. The minimum absolute atomic E-state index is 0.0115. The summed E-state index contributed by atoms with van der Waals surface area (Å²) < 4.78 is 56.1. The maximum absolute atomic E-state index is 13.9. The predicted octanol–water partition coefficient (Wildman–Crippen LogP) is 4.21. The molecule has 0 aliphatic heterocycles. The zero-order valence-electron chi connectivity index (χ0n) is 13.6. The Labute approximate surface area is 147 Å². The van der Waals surface area contributed by atoms with Gasteiger partial charge in [-0.15, -0.1) is 6.42 Å². The molecular weight excluding hydrogens is 352 g/mol. The summed E-state index contributed by atoms with van der Waals surface area (Å²) in [5.74, 6) is 0.0959. The minimum atomic E-state index is -2.93. The summed E-state index contributed by atoms with van der Waals surface area (Å²) in [6, 6.07) is 6.73. The van der Waals surface area contributed by atoms with Gasteiger partial charge >= 0.3 is 12.6 Å². The Balaban J connectivity index is 2.03. The van der Waals surface area contributed by atoms with E-state index in [0.29, 0.717) is 5.56 Å². The molecule has 0 saturated carbocycles. The lowest BCUT2D eigenvalue weighted by Crippen LogP contribution is -2.31. The number of ether oxygens (including phenoxy) is 1. The van der Waals surface area contributed by atoms with Gasteiger partial charge in [0.25, 0.3) is 0 Å². The van der Waals surface area contributed by atoms with E-state index in [1.54, 1.807) is 0 Å². The Bertz CT molecular complexity index is 809. The van der Waals surface area contributed by atoms with Gasteiger partial charge in [0.2, 0.25) is 0 Å². The van der Waals surface area contributed by atoms with Crippen LogP contribution in [0.25, 0.3) is 0 Å². The van der Waals surface area contributed by atoms with Gasteiger partial charge in [-0.1, -0.05) is 18.1 Å². The molecule has 4 nitrogen and oxygen atoms in total. The largest absolute Gasteiger partial charge is 0.435 e. The number of hydrogen-bond donors (Lipinski definition) is 1. The van der Waals surface area contributed by atoms with E-state index < -0.39 is 30.0 Å². The molecule has 0 unspecified atom stereocenters. The first-order valence-electron chi connectivity index (χ1n) is 7.31. The molecule has 0 aliphatic carbocycles. The fourth-order valence-corrected chi connectivity index (χ4v) is 2.10. The third-order valence-corrected chi connectivity index (χ3v) is 3.36. The smallest absolute Gasteiger partial charge is 0.387 e. The number of amides is 2. The number of anilines is 1. The molecule has 0 radical (unpaired) electrons. The van der Waals surface area contributed by atoms with Crippen LogP contribution in [0.4, 0.5) is 28.0 Å². The van der Waals surface area contributed by atoms with Gasteiger partial charge in [-0.3, -0.25) is 0 Å². The Morgan fingerprint density at radius 2 is 1.81 bits per heavy atom. The first-order valence-corrected chi connectivity index (χ1v) is 7.31. The maximum Gasteiger partial charge on any atom is 0.387 e. The quantitative estimate of drug-likeness (QED) is 0.636. The van der Waals surface area contributed by atoms with Crippen molar-refractivity contribution in [1.29, 1.82) is 0 Å². The fraction of sp³-hybridized carbons (Fsp3) is 0.167. The van der Waals surface area contributed by atoms with E-state index in [9.17, 15) is 22.4 Å². The Morgan fingerprint density at radius 3 is 2.31 bits per heavy atom. The zero-order valence-corrected chi connectivity index (χ0v) is 13.6. The molecule has 0 heterocycles. The monoisotopic (exact) mass is 366 g/mol. The molecule has 26 heavy (non-hydrogen) atoms. The van der Waals surface area contributed by atoms with Crippen molar-refractivity contribution in [2.45, 2.75) is 13.2 Å². The van der Waals surface area contributed by atoms with Crippen molar-refractivity contribution in [1.82, 2.24) is 4.90 Å². The molecule has 2 rings (SSSR count). The molecule has 2 aromatic rings. The third kappa shape index (κ3) is 4.89. The lowest BCUT2D eigenvalue weighted by molar-refractivity contribution is -0.0498. The van der Waals surface area contributed by atoms with Gasteiger partial charge in [0.15, 0.2) is 11.6 Å². The van der Waals surface area contributed by atoms with Crippen LogP contribution in [0.3, 0.4) is 0 Å². The van der Waals surface area contributed by atoms with Crippen molar-refractivity contribution in [3.63, 3.8) is 0 Å². The second-order valence-corrected chi connectivity index (χ2v) is 5.27. The second-order valence-electron chi connectivity index (χ2n) is 5.27. The van der Waals surface area contributed by atoms with Gasteiger partial charge in [-0.2, -0.15) is 8.78 Å². The third-order valence-electron chi connectivity index (χ3n) is 3.36. The van der Waals surface area contributed by atoms with Gasteiger partial charge in [0.1, 0.15) is 11.4 Å². The van der Waals surface area contributed by atoms with Crippen molar-refractivity contribution >= 4 is 11.7 Å². The summed E-state index contributed by atoms with van der Waals surface area (Å²) in [5.41, 5.74) is 0.00637.